The first-order valence-corrected chi connectivity index (χ1v) is 16.8. The standard InChI is InChI=1S/C17H20F3N3O5.C17H22F3N3O4/c1-16(2,3)28-15(25)22-6-4-21(5-7-22)14(24)11-8-12(17(18,19)20)10-13(9-11)23(26)27;1-16(2,3)27-15(24)22-6-4-21(5-7-22)11-12-8-13(17(18,19)20)10-14(9-12)23(25)26/h8-10H,4-7H2,1-3H3;8-10H,4-7,11H2,1-3H3. The number of hydrogen-bond donors (Lipinski definition) is 0. The van der Waals surface area contributed by atoms with Crippen LogP contribution in [-0.4, -0.2) is 111 Å². The van der Waals surface area contributed by atoms with Crippen molar-refractivity contribution in [1.29, 1.82) is 0 Å². The number of halogens is 6. The predicted molar refractivity (Wildman–Crippen MR) is 183 cm³/mol. The van der Waals surface area contributed by atoms with E-state index in [1.54, 1.807) is 41.5 Å². The molecule has 0 saturated carbocycles. The summed E-state index contributed by atoms with van der Waals surface area (Å²) in [5.41, 5.74) is -5.21. The summed E-state index contributed by atoms with van der Waals surface area (Å²) >= 11 is 0. The molecule has 4 rings (SSSR count). The van der Waals surface area contributed by atoms with Crippen molar-refractivity contribution in [2.24, 2.45) is 0 Å². The normalized spacial score (nSPS) is 15.8. The molecule has 2 heterocycles. The van der Waals surface area contributed by atoms with Crippen LogP contribution in [0.25, 0.3) is 0 Å². The molecule has 0 radical (unpaired) electrons. The lowest BCUT2D eigenvalue weighted by Crippen LogP contribution is -2.51. The van der Waals surface area contributed by atoms with Crippen molar-refractivity contribution in [3.8, 4) is 0 Å². The molecular formula is C34H42F6N6O9. The highest BCUT2D eigenvalue weighted by Crippen LogP contribution is 2.34. The molecule has 2 aliphatic heterocycles. The molecule has 21 heteroatoms. The van der Waals surface area contributed by atoms with Crippen LogP contribution in [0.15, 0.2) is 36.4 Å². The number of non-ortho nitro benzene ring substituents is 2. The lowest BCUT2D eigenvalue weighted by molar-refractivity contribution is -0.385. The number of nitrogens with zero attached hydrogens (tertiary/aromatic N) is 6. The van der Waals surface area contributed by atoms with Crippen LogP contribution in [0, 0.1) is 20.2 Å². The first kappa shape index (κ1) is 44.2. The van der Waals surface area contributed by atoms with Crippen LogP contribution in [0.1, 0.15) is 68.6 Å². The largest absolute Gasteiger partial charge is 0.444 e. The number of carbonyl (C=O) groups is 3. The average molecular weight is 793 g/mol. The Morgan fingerprint density at radius 3 is 1.38 bits per heavy atom. The fourth-order valence-corrected chi connectivity index (χ4v) is 5.31. The maximum Gasteiger partial charge on any atom is 0.416 e. The molecule has 0 spiro atoms. The van der Waals surface area contributed by atoms with Crippen LogP contribution < -0.4 is 0 Å². The van der Waals surface area contributed by atoms with Crippen molar-refractivity contribution in [2.45, 2.75) is 71.6 Å². The molecule has 0 aromatic heterocycles. The van der Waals surface area contributed by atoms with Crippen molar-refractivity contribution in [2.75, 3.05) is 52.4 Å². The van der Waals surface area contributed by atoms with Crippen LogP contribution in [-0.2, 0) is 28.4 Å². The van der Waals surface area contributed by atoms with Crippen LogP contribution in [0.4, 0.5) is 47.3 Å². The van der Waals surface area contributed by atoms with Gasteiger partial charge in [0.1, 0.15) is 11.2 Å². The van der Waals surface area contributed by atoms with Crippen molar-refractivity contribution >= 4 is 29.5 Å². The molecule has 0 aliphatic carbocycles. The highest BCUT2D eigenvalue weighted by molar-refractivity contribution is 5.95. The Balaban J connectivity index is 0.000000296. The summed E-state index contributed by atoms with van der Waals surface area (Å²) in [6.07, 6.45) is -10.5. The fourth-order valence-electron chi connectivity index (χ4n) is 5.31. The zero-order valence-electron chi connectivity index (χ0n) is 31.0. The zero-order chi connectivity index (χ0) is 41.7. The predicted octanol–water partition coefficient (Wildman–Crippen LogP) is 6.97. The van der Waals surface area contributed by atoms with Crippen LogP contribution >= 0.6 is 0 Å². The molecule has 2 fully saturated rings. The van der Waals surface area contributed by atoms with Gasteiger partial charge >= 0.3 is 24.5 Å². The lowest BCUT2D eigenvalue weighted by atomic mass is 10.1. The third kappa shape index (κ3) is 13.5. The van der Waals surface area contributed by atoms with E-state index >= 15 is 0 Å². The van der Waals surface area contributed by atoms with Crippen molar-refractivity contribution < 1.29 is 60.0 Å². The summed E-state index contributed by atoms with van der Waals surface area (Å²) in [5, 5.41) is 21.8. The molecule has 3 amide bonds. The van der Waals surface area contributed by atoms with Gasteiger partial charge in [-0.2, -0.15) is 26.3 Å². The summed E-state index contributed by atoms with van der Waals surface area (Å²) < 4.78 is 88.4. The van der Waals surface area contributed by atoms with Crippen LogP contribution in [0.3, 0.4) is 0 Å². The zero-order valence-corrected chi connectivity index (χ0v) is 31.0. The second kappa shape index (κ2) is 17.1. The minimum absolute atomic E-state index is 0.0715. The van der Waals surface area contributed by atoms with E-state index in [1.807, 2.05) is 4.90 Å². The Kier molecular flexibility index (Phi) is 13.7. The number of amides is 3. The number of nitro benzene ring substituents is 2. The van der Waals surface area contributed by atoms with Gasteiger partial charge in [0.25, 0.3) is 17.3 Å². The van der Waals surface area contributed by atoms with Gasteiger partial charge in [-0.05, 0) is 59.2 Å². The number of rotatable bonds is 5. The van der Waals surface area contributed by atoms with Gasteiger partial charge in [0, 0.05) is 88.7 Å². The summed E-state index contributed by atoms with van der Waals surface area (Å²) in [6.45, 7) is 12.6. The minimum Gasteiger partial charge on any atom is -0.444 e. The highest BCUT2D eigenvalue weighted by Gasteiger charge is 2.36. The van der Waals surface area contributed by atoms with Crippen molar-refractivity contribution in [3.05, 3.63) is 78.9 Å². The van der Waals surface area contributed by atoms with E-state index in [2.05, 4.69) is 0 Å². The highest BCUT2D eigenvalue weighted by atomic mass is 19.4. The Hall–Kier alpha value is -5.21. The molecule has 2 saturated heterocycles. The molecule has 0 atom stereocenters. The van der Waals surface area contributed by atoms with Gasteiger partial charge in [0.2, 0.25) is 0 Å². The van der Waals surface area contributed by atoms with Gasteiger partial charge in [-0.15, -0.1) is 0 Å². The number of hydrogen-bond acceptors (Lipinski definition) is 10. The van der Waals surface area contributed by atoms with Gasteiger partial charge in [0.05, 0.1) is 21.0 Å². The van der Waals surface area contributed by atoms with Crippen molar-refractivity contribution in [1.82, 2.24) is 19.6 Å². The maximum absolute atomic E-state index is 13.0. The Morgan fingerprint density at radius 2 is 0.982 bits per heavy atom. The fraction of sp³-hybridized carbons (Fsp3) is 0.559. The second-order valence-electron chi connectivity index (χ2n) is 14.7. The third-order valence-corrected chi connectivity index (χ3v) is 7.87. The number of nitro groups is 2. The second-order valence-corrected chi connectivity index (χ2v) is 14.7. The molecule has 2 aromatic carbocycles. The molecule has 0 bridgehead atoms. The van der Waals surface area contributed by atoms with Gasteiger partial charge in [-0.1, -0.05) is 0 Å². The van der Waals surface area contributed by atoms with Crippen LogP contribution in [0.2, 0.25) is 0 Å². The Morgan fingerprint density at radius 1 is 0.600 bits per heavy atom. The van der Waals surface area contributed by atoms with E-state index in [0.29, 0.717) is 44.4 Å². The molecule has 55 heavy (non-hydrogen) atoms. The smallest absolute Gasteiger partial charge is 0.416 e. The number of carbonyl (C=O) groups excluding carboxylic acids is 3. The molecule has 2 aliphatic rings. The molecular weight excluding hydrogens is 750 g/mol. The molecule has 2 aromatic rings. The number of piperazine rings is 2. The molecule has 0 unspecified atom stereocenters. The van der Waals surface area contributed by atoms with Gasteiger partial charge in [0.15, 0.2) is 0 Å². The maximum atomic E-state index is 13.0. The van der Waals surface area contributed by atoms with Gasteiger partial charge < -0.3 is 24.2 Å². The molecule has 0 N–H and O–H groups in total. The lowest BCUT2D eigenvalue weighted by Gasteiger charge is -2.35. The van der Waals surface area contributed by atoms with E-state index < -0.39 is 79.6 Å². The Labute approximate surface area is 312 Å². The molecule has 15 nitrogen and oxygen atoms in total. The van der Waals surface area contributed by atoms with E-state index in [0.717, 1.165) is 18.2 Å². The third-order valence-electron chi connectivity index (χ3n) is 7.87. The Bertz CT molecular complexity index is 1740. The number of benzene rings is 2. The minimum atomic E-state index is -4.82. The first-order chi connectivity index (χ1) is 25.1. The summed E-state index contributed by atoms with van der Waals surface area (Å²) in [7, 11) is 0. The summed E-state index contributed by atoms with van der Waals surface area (Å²) in [4.78, 5) is 62.7. The SMILES string of the molecule is CC(C)(C)OC(=O)N1CCN(C(=O)c2cc([N+](=O)[O-])cc(C(F)(F)F)c2)CC1.CC(C)(C)OC(=O)N1CCN(Cc2cc([N+](=O)[O-])cc(C(F)(F)F)c2)CC1. The summed E-state index contributed by atoms with van der Waals surface area (Å²) in [5.74, 6) is -0.766. The van der Waals surface area contributed by atoms with Crippen molar-refractivity contribution in [3.63, 3.8) is 0 Å². The monoisotopic (exact) mass is 792 g/mol. The van der Waals surface area contributed by atoms with Gasteiger partial charge in [-0.25, -0.2) is 9.59 Å². The average Bonchev–Trinajstić information content (AvgIpc) is 3.06. The molecule has 304 valence electrons. The van der Waals surface area contributed by atoms with E-state index in [1.165, 1.54) is 14.7 Å². The number of ether oxygens (including phenoxy) is 2. The van der Waals surface area contributed by atoms with Crippen LogP contribution in [0.5, 0.6) is 0 Å². The number of alkyl halides is 6. The van der Waals surface area contributed by atoms with E-state index in [9.17, 15) is 61.0 Å². The first-order valence-electron chi connectivity index (χ1n) is 16.8. The quantitative estimate of drug-likeness (QED) is 0.175. The summed E-state index contributed by atoms with van der Waals surface area (Å²) in [6, 6.07) is 4.40. The topological polar surface area (TPSA) is 169 Å². The van der Waals surface area contributed by atoms with E-state index in [4.69, 9.17) is 9.47 Å². The van der Waals surface area contributed by atoms with Gasteiger partial charge in [-0.3, -0.25) is 29.9 Å². The van der Waals surface area contributed by atoms with E-state index in [-0.39, 0.29) is 38.3 Å².